The molecule has 20 heavy (non-hydrogen) atoms. The summed E-state index contributed by atoms with van der Waals surface area (Å²) < 4.78 is 31.1. The number of hydrogen-bond donors (Lipinski definition) is 2. The summed E-state index contributed by atoms with van der Waals surface area (Å²) in [4.78, 5) is 14.6. The SMILES string of the molecule is O=C(O)c1ccc(S(=O)(=O)NCCc2cocn2)cc1. The number of nitrogens with one attached hydrogen (secondary N) is 1. The maximum Gasteiger partial charge on any atom is 0.335 e. The molecule has 0 fully saturated rings. The van der Waals surface area contributed by atoms with Crippen molar-refractivity contribution in [3.05, 3.63) is 48.2 Å². The van der Waals surface area contributed by atoms with Gasteiger partial charge in [-0.25, -0.2) is 22.9 Å². The van der Waals surface area contributed by atoms with Gasteiger partial charge in [0.15, 0.2) is 6.39 Å². The lowest BCUT2D eigenvalue weighted by Gasteiger charge is -2.06. The van der Waals surface area contributed by atoms with Gasteiger partial charge in [0.1, 0.15) is 6.26 Å². The quantitative estimate of drug-likeness (QED) is 0.819. The van der Waals surface area contributed by atoms with E-state index in [1.807, 2.05) is 0 Å². The number of carboxylic acids is 1. The molecule has 1 heterocycles. The van der Waals surface area contributed by atoms with Gasteiger partial charge < -0.3 is 9.52 Å². The summed E-state index contributed by atoms with van der Waals surface area (Å²) >= 11 is 0. The molecule has 2 rings (SSSR count). The number of hydrogen-bond acceptors (Lipinski definition) is 5. The minimum Gasteiger partial charge on any atom is -0.478 e. The molecule has 0 aliphatic heterocycles. The molecule has 2 aromatic rings. The van der Waals surface area contributed by atoms with Crippen molar-refractivity contribution >= 4 is 16.0 Å². The lowest BCUT2D eigenvalue weighted by molar-refractivity contribution is 0.0696. The Kier molecular flexibility index (Phi) is 4.16. The minimum atomic E-state index is -3.66. The lowest BCUT2D eigenvalue weighted by Crippen LogP contribution is -2.26. The highest BCUT2D eigenvalue weighted by atomic mass is 32.2. The zero-order valence-corrected chi connectivity index (χ0v) is 11.1. The highest BCUT2D eigenvalue weighted by Gasteiger charge is 2.14. The largest absolute Gasteiger partial charge is 0.478 e. The number of rotatable bonds is 6. The Bertz CT molecular complexity index is 677. The van der Waals surface area contributed by atoms with Crippen LogP contribution in [0, 0.1) is 0 Å². The van der Waals surface area contributed by atoms with Gasteiger partial charge in [-0.1, -0.05) is 0 Å². The summed E-state index contributed by atoms with van der Waals surface area (Å²) in [6.07, 6.45) is 3.12. The molecular formula is C12H12N2O5S. The molecule has 0 atom stereocenters. The van der Waals surface area contributed by atoms with Crippen LogP contribution in [0.3, 0.4) is 0 Å². The Balaban J connectivity index is 2.00. The van der Waals surface area contributed by atoms with Crippen LogP contribution in [0.15, 0.2) is 46.2 Å². The zero-order valence-electron chi connectivity index (χ0n) is 10.3. The Hall–Kier alpha value is -2.19. The number of aromatic carboxylic acids is 1. The van der Waals surface area contributed by atoms with Crippen LogP contribution < -0.4 is 4.72 Å². The average molecular weight is 296 g/mol. The molecule has 0 aliphatic rings. The van der Waals surface area contributed by atoms with Crippen LogP contribution in [-0.2, 0) is 16.4 Å². The molecule has 2 N–H and O–H groups in total. The summed E-state index contributed by atoms with van der Waals surface area (Å²) in [6, 6.07) is 4.99. The fourth-order valence-corrected chi connectivity index (χ4v) is 2.57. The standard InChI is InChI=1S/C12H12N2O5S/c15-12(16)9-1-3-11(4-2-9)20(17,18)14-6-5-10-7-19-8-13-10/h1-4,7-8,14H,5-6H2,(H,15,16). The summed E-state index contributed by atoms with van der Waals surface area (Å²) in [5.74, 6) is -1.10. The summed E-state index contributed by atoms with van der Waals surface area (Å²) in [5.41, 5.74) is 0.681. The third-order valence-electron chi connectivity index (χ3n) is 2.57. The van der Waals surface area contributed by atoms with Crippen molar-refractivity contribution in [1.29, 1.82) is 0 Å². The first-order chi connectivity index (χ1) is 9.49. The molecule has 1 aromatic carbocycles. The summed E-state index contributed by atoms with van der Waals surface area (Å²) in [6.45, 7) is 0.176. The maximum absolute atomic E-state index is 11.9. The van der Waals surface area contributed by atoms with E-state index in [0.29, 0.717) is 12.1 Å². The number of nitrogens with zero attached hydrogens (tertiary/aromatic N) is 1. The Morgan fingerprint density at radius 3 is 2.55 bits per heavy atom. The second-order valence-electron chi connectivity index (χ2n) is 3.96. The van der Waals surface area contributed by atoms with E-state index in [1.165, 1.54) is 36.9 Å². The van der Waals surface area contributed by atoms with Gasteiger partial charge in [0.05, 0.1) is 16.2 Å². The van der Waals surface area contributed by atoms with E-state index in [2.05, 4.69) is 9.71 Å². The highest BCUT2D eigenvalue weighted by molar-refractivity contribution is 7.89. The molecule has 1 aromatic heterocycles. The highest BCUT2D eigenvalue weighted by Crippen LogP contribution is 2.10. The van der Waals surface area contributed by atoms with E-state index in [0.717, 1.165) is 0 Å². The lowest BCUT2D eigenvalue weighted by atomic mass is 10.2. The van der Waals surface area contributed by atoms with Gasteiger partial charge in [-0.2, -0.15) is 0 Å². The van der Waals surface area contributed by atoms with Crippen molar-refractivity contribution in [1.82, 2.24) is 9.71 Å². The topological polar surface area (TPSA) is 110 Å². The molecule has 0 saturated carbocycles. The second-order valence-corrected chi connectivity index (χ2v) is 5.72. The van der Waals surface area contributed by atoms with Gasteiger partial charge in [0.25, 0.3) is 0 Å². The number of carboxylic acid groups (broad SMARTS) is 1. The number of sulfonamides is 1. The fraction of sp³-hybridized carbons (Fsp3) is 0.167. The van der Waals surface area contributed by atoms with E-state index in [9.17, 15) is 13.2 Å². The maximum atomic E-state index is 11.9. The molecular weight excluding hydrogens is 284 g/mol. The minimum absolute atomic E-state index is 0.0163. The van der Waals surface area contributed by atoms with Crippen LogP contribution in [0.25, 0.3) is 0 Å². The van der Waals surface area contributed by atoms with Crippen LogP contribution in [0.2, 0.25) is 0 Å². The van der Waals surface area contributed by atoms with Crippen LogP contribution in [0.5, 0.6) is 0 Å². The van der Waals surface area contributed by atoms with E-state index < -0.39 is 16.0 Å². The average Bonchev–Trinajstić information content (AvgIpc) is 2.92. The molecule has 7 nitrogen and oxygen atoms in total. The van der Waals surface area contributed by atoms with Crippen LogP contribution in [0.4, 0.5) is 0 Å². The van der Waals surface area contributed by atoms with Crippen molar-refractivity contribution in [3.8, 4) is 0 Å². The molecule has 0 saturated heterocycles. The Morgan fingerprint density at radius 2 is 2.00 bits per heavy atom. The van der Waals surface area contributed by atoms with Crippen molar-refractivity contribution in [3.63, 3.8) is 0 Å². The van der Waals surface area contributed by atoms with Crippen molar-refractivity contribution in [2.24, 2.45) is 0 Å². The predicted molar refractivity (Wildman–Crippen MR) is 68.8 cm³/mol. The van der Waals surface area contributed by atoms with Crippen LogP contribution >= 0.6 is 0 Å². The molecule has 0 unspecified atom stereocenters. The fourth-order valence-electron chi connectivity index (χ4n) is 1.53. The molecule has 0 amide bonds. The van der Waals surface area contributed by atoms with Crippen LogP contribution in [0.1, 0.15) is 16.1 Å². The van der Waals surface area contributed by atoms with E-state index in [-0.39, 0.29) is 17.0 Å². The van der Waals surface area contributed by atoms with Gasteiger partial charge in [0, 0.05) is 13.0 Å². The predicted octanol–water partition coefficient (Wildman–Crippen LogP) is 0.894. The van der Waals surface area contributed by atoms with Gasteiger partial charge in [-0.05, 0) is 24.3 Å². The molecule has 8 heteroatoms. The van der Waals surface area contributed by atoms with E-state index in [1.54, 1.807) is 0 Å². The second kappa shape index (κ2) is 5.85. The monoisotopic (exact) mass is 296 g/mol. The van der Waals surface area contributed by atoms with Crippen molar-refractivity contribution in [2.45, 2.75) is 11.3 Å². The first-order valence-electron chi connectivity index (χ1n) is 5.69. The third kappa shape index (κ3) is 3.43. The molecule has 0 spiro atoms. The van der Waals surface area contributed by atoms with Crippen molar-refractivity contribution < 1.29 is 22.7 Å². The number of aromatic nitrogens is 1. The van der Waals surface area contributed by atoms with E-state index >= 15 is 0 Å². The summed E-state index contributed by atoms with van der Waals surface area (Å²) in [7, 11) is -3.66. The van der Waals surface area contributed by atoms with Crippen molar-refractivity contribution in [2.75, 3.05) is 6.54 Å². The number of oxazole rings is 1. The first-order valence-corrected chi connectivity index (χ1v) is 7.17. The molecule has 106 valence electrons. The van der Waals surface area contributed by atoms with Gasteiger partial charge >= 0.3 is 5.97 Å². The Morgan fingerprint density at radius 1 is 1.30 bits per heavy atom. The number of carbonyl (C=O) groups is 1. The summed E-state index contributed by atoms with van der Waals surface area (Å²) in [5, 5.41) is 8.74. The number of benzene rings is 1. The molecule has 0 bridgehead atoms. The molecule has 0 aliphatic carbocycles. The normalized spacial score (nSPS) is 11.4. The van der Waals surface area contributed by atoms with Gasteiger partial charge in [-0.15, -0.1) is 0 Å². The Labute approximate surface area is 115 Å². The van der Waals surface area contributed by atoms with Crippen LogP contribution in [-0.4, -0.2) is 31.0 Å². The van der Waals surface area contributed by atoms with E-state index in [4.69, 9.17) is 9.52 Å². The zero-order chi connectivity index (χ0) is 14.6. The smallest absolute Gasteiger partial charge is 0.335 e. The third-order valence-corrected chi connectivity index (χ3v) is 4.05. The van der Waals surface area contributed by atoms with Gasteiger partial charge in [0.2, 0.25) is 10.0 Å². The first kappa shape index (κ1) is 14.2. The molecule has 0 radical (unpaired) electrons. The van der Waals surface area contributed by atoms with Gasteiger partial charge in [-0.3, -0.25) is 0 Å².